The van der Waals surface area contributed by atoms with E-state index in [2.05, 4.69) is 10.3 Å². The van der Waals surface area contributed by atoms with E-state index in [1.165, 1.54) is 0 Å². The van der Waals surface area contributed by atoms with E-state index in [1.54, 1.807) is 30.6 Å². The van der Waals surface area contributed by atoms with Crippen molar-refractivity contribution in [2.24, 2.45) is 5.73 Å². The molecular weight excluding hydrogens is 178 g/mol. The van der Waals surface area contributed by atoms with E-state index in [0.717, 1.165) is 0 Å². The van der Waals surface area contributed by atoms with Crippen molar-refractivity contribution in [1.29, 1.82) is 0 Å². The van der Waals surface area contributed by atoms with Crippen molar-refractivity contribution in [1.82, 2.24) is 10.3 Å². The third kappa shape index (κ3) is 3.37. The minimum absolute atomic E-state index is 0.103. The molecule has 1 heterocycles. The molecule has 0 bridgehead atoms. The number of rotatable bonds is 4. The molecule has 4 heteroatoms. The van der Waals surface area contributed by atoms with E-state index in [-0.39, 0.29) is 5.91 Å². The summed E-state index contributed by atoms with van der Waals surface area (Å²) in [7, 11) is 0. The second kappa shape index (κ2) is 5.88. The largest absolute Gasteiger partial charge is 0.349 e. The normalized spacial score (nSPS) is 10.4. The molecule has 1 rings (SSSR count). The lowest BCUT2D eigenvalue weighted by Gasteiger charge is -2.00. The van der Waals surface area contributed by atoms with Crippen LogP contribution in [0.15, 0.2) is 36.7 Å². The summed E-state index contributed by atoms with van der Waals surface area (Å²) in [5, 5.41) is 2.72. The highest BCUT2D eigenvalue weighted by Crippen LogP contribution is 1.94. The summed E-state index contributed by atoms with van der Waals surface area (Å²) >= 11 is 0. The lowest BCUT2D eigenvalue weighted by molar-refractivity contribution is 0.0958. The number of hydrogen-bond donors (Lipinski definition) is 2. The summed E-state index contributed by atoms with van der Waals surface area (Å²) < 4.78 is 0. The van der Waals surface area contributed by atoms with Crippen LogP contribution in [0.2, 0.25) is 0 Å². The van der Waals surface area contributed by atoms with Crippen molar-refractivity contribution in [2.75, 3.05) is 13.1 Å². The lowest BCUT2D eigenvalue weighted by atomic mass is 10.2. The van der Waals surface area contributed by atoms with Gasteiger partial charge in [0.15, 0.2) is 0 Å². The van der Waals surface area contributed by atoms with Crippen LogP contribution in [-0.2, 0) is 0 Å². The molecule has 4 nitrogen and oxygen atoms in total. The van der Waals surface area contributed by atoms with Crippen molar-refractivity contribution >= 4 is 5.91 Å². The standard InChI is InChI=1S/C10H13N3O/c11-5-1-2-6-13-10(14)9-3-7-12-8-4-9/h1-4,7-8H,5-6,11H2,(H,13,14)/b2-1+. The van der Waals surface area contributed by atoms with Crippen LogP contribution in [0, 0.1) is 0 Å². The maximum atomic E-state index is 11.4. The predicted molar refractivity (Wildman–Crippen MR) is 54.8 cm³/mol. The van der Waals surface area contributed by atoms with Crippen LogP contribution < -0.4 is 11.1 Å². The highest BCUT2D eigenvalue weighted by Gasteiger charge is 2.01. The Kier molecular flexibility index (Phi) is 4.37. The predicted octanol–water partition coefficient (Wildman–Crippen LogP) is 0.326. The van der Waals surface area contributed by atoms with Crippen LogP contribution in [0.5, 0.6) is 0 Å². The van der Waals surface area contributed by atoms with Crippen LogP contribution in [0.3, 0.4) is 0 Å². The lowest BCUT2D eigenvalue weighted by Crippen LogP contribution is -2.23. The van der Waals surface area contributed by atoms with Gasteiger partial charge in [-0.05, 0) is 12.1 Å². The Morgan fingerprint density at radius 1 is 1.43 bits per heavy atom. The van der Waals surface area contributed by atoms with E-state index >= 15 is 0 Å². The molecule has 0 aliphatic rings. The van der Waals surface area contributed by atoms with Gasteiger partial charge in [0.1, 0.15) is 0 Å². The third-order valence-corrected chi connectivity index (χ3v) is 1.63. The molecule has 1 aromatic heterocycles. The summed E-state index contributed by atoms with van der Waals surface area (Å²) in [6.07, 6.45) is 6.79. The summed E-state index contributed by atoms with van der Waals surface area (Å²) in [5.41, 5.74) is 5.86. The Hall–Kier alpha value is -1.68. The van der Waals surface area contributed by atoms with Gasteiger partial charge in [0.2, 0.25) is 0 Å². The minimum atomic E-state index is -0.103. The Morgan fingerprint density at radius 3 is 2.79 bits per heavy atom. The van der Waals surface area contributed by atoms with E-state index in [9.17, 15) is 4.79 Å². The van der Waals surface area contributed by atoms with E-state index in [1.807, 2.05) is 6.08 Å². The van der Waals surface area contributed by atoms with Crippen LogP contribution in [0.1, 0.15) is 10.4 Å². The number of nitrogens with one attached hydrogen (secondary N) is 1. The highest BCUT2D eigenvalue weighted by molar-refractivity contribution is 5.94. The zero-order valence-corrected chi connectivity index (χ0v) is 7.81. The Morgan fingerprint density at radius 2 is 2.14 bits per heavy atom. The fourth-order valence-corrected chi connectivity index (χ4v) is 0.937. The van der Waals surface area contributed by atoms with Gasteiger partial charge in [-0.1, -0.05) is 12.2 Å². The number of nitrogens with two attached hydrogens (primary N) is 1. The number of amides is 1. The second-order valence-corrected chi connectivity index (χ2v) is 2.65. The molecule has 1 aromatic rings. The van der Waals surface area contributed by atoms with Gasteiger partial charge >= 0.3 is 0 Å². The fraction of sp³-hybridized carbons (Fsp3) is 0.200. The SMILES string of the molecule is NC/C=C/CNC(=O)c1ccncc1. The minimum Gasteiger partial charge on any atom is -0.349 e. The fourth-order valence-electron chi connectivity index (χ4n) is 0.937. The van der Waals surface area contributed by atoms with Crippen molar-refractivity contribution in [3.8, 4) is 0 Å². The third-order valence-electron chi connectivity index (χ3n) is 1.63. The summed E-state index contributed by atoms with van der Waals surface area (Å²) in [4.78, 5) is 15.2. The van der Waals surface area contributed by atoms with Gasteiger partial charge in [-0.15, -0.1) is 0 Å². The Bertz CT molecular complexity index is 308. The summed E-state index contributed by atoms with van der Waals surface area (Å²) in [5.74, 6) is -0.103. The molecule has 0 spiro atoms. The zero-order valence-electron chi connectivity index (χ0n) is 7.81. The van der Waals surface area contributed by atoms with Crippen LogP contribution in [-0.4, -0.2) is 24.0 Å². The first kappa shape index (κ1) is 10.4. The molecule has 0 aliphatic heterocycles. The zero-order chi connectivity index (χ0) is 10.2. The Balaban J connectivity index is 2.40. The number of hydrogen-bond acceptors (Lipinski definition) is 3. The molecule has 3 N–H and O–H groups in total. The maximum absolute atomic E-state index is 11.4. The van der Waals surface area contributed by atoms with Crippen LogP contribution >= 0.6 is 0 Å². The number of carbonyl (C=O) groups is 1. The van der Waals surface area contributed by atoms with Gasteiger partial charge in [0, 0.05) is 31.0 Å². The number of nitrogens with zero attached hydrogens (tertiary/aromatic N) is 1. The topological polar surface area (TPSA) is 68.0 Å². The monoisotopic (exact) mass is 191 g/mol. The van der Waals surface area contributed by atoms with Crippen LogP contribution in [0.25, 0.3) is 0 Å². The van der Waals surface area contributed by atoms with E-state index in [4.69, 9.17) is 5.73 Å². The molecule has 14 heavy (non-hydrogen) atoms. The Labute approximate surface area is 82.8 Å². The molecule has 0 saturated heterocycles. The molecule has 0 unspecified atom stereocenters. The summed E-state index contributed by atoms with van der Waals surface area (Å²) in [6.45, 7) is 0.990. The average Bonchev–Trinajstić information content (AvgIpc) is 2.25. The van der Waals surface area contributed by atoms with Gasteiger partial charge in [0.25, 0.3) is 5.91 Å². The van der Waals surface area contributed by atoms with E-state index < -0.39 is 0 Å². The summed E-state index contributed by atoms with van der Waals surface area (Å²) in [6, 6.07) is 3.34. The molecule has 0 aliphatic carbocycles. The maximum Gasteiger partial charge on any atom is 0.251 e. The highest BCUT2D eigenvalue weighted by atomic mass is 16.1. The van der Waals surface area contributed by atoms with Crippen molar-refractivity contribution in [2.45, 2.75) is 0 Å². The van der Waals surface area contributed by atoms with Gasteiger partial charge in [0.05, 0.1) is 0 Å². The second-order valence-electron chi connectivity index (χ2n) is 2.65. The van der Waals surface area contributed by atoms with Crippen molar-refractivity contribution in [3.63, 3.8) is 0 Å². The molecule has 0 aromatic carbocycles. The van der Waals surface area contributed by atoms with Crippen LogP contribution in [0.4, 0.5) is 0 Å². The first-order chi connectivity index (χ1) is 6.84. The molecule has 1 amide bonds. The molecule has 0 atom stereocenters. The first-order valence-electron chi connectivity index (χ1n) is 4.38. The molecule has 0 saturated carbocycles. The van der Waals surface area contributed by atoms with Crippen molar-refractivity contribution < 1.29 is 4.79 Å². The van der Waals surface area contributed by atoms with Gasteiger partial charge < -0.3 is 11.1 Å². The van der Waals surface area contributed by atoms with Gasteiger partial charge in [-0.3, -0.25) is 9.78 Å². The molecular formula is C10H13N3O. The van der Waals surface area contributed by atoms with Gasteiger partial charge in [-0.25, -0.2) is 0 Å². The smallest absolute Gasteiger partial charge is 0.251 e. The van der Waals surface area contributed by atoms with Crippen molar-refractivity contribution in [3.05, 3.63) is 42.2 Å². The number of aromatic nitrogens is 1. The van der Waals surface area contributed by atoms with E-state index in [0.29, 0.717) is 18.7 Å². The molecule has 74 valence electrons. The average molecular weight is 191 g/mol. The molecule has 0 fully saturated rings. The first-order valence-corrected chi connectivity index (χ1v) is 4.38. The molecule has 0 radical (unpaired) electrons. The van der Waals surface area contributed by atoms with Gasteiger partial charge in [-0.2, -0.15) is 0 Å². The number of pyridine rings is 1. The number of carbonyl (C=O) groups excluding carboxylic acids is 1. The quantitative estimate of drug-likeness (QED) is 0.674.